The van der Waals surface area contributed by atoms with Crippen LogP contribution in [0.4, 0.5) is 0 Å². The van der Waals surface area contributed by atoms with Crippen LogP contribution in [0.5, 0.6) is 0 Å². The second-order valence-electron chi connectivity index (χ2n) is 1.52. The third-order valence-electron chi connectivity index (χ3n) is 0.823. The van der Waals surface area contributed by atoms with Crippen molar-refractivity contribution >= 4 is 6.21 Å². The SMILES string of the molecule is C=CCCCC=NO.CC.CC.CC. The van der Waals surface area contributed by atoms with E-state index in [2.05, 4.69) is 11.7 Å². The third kappa shape index (κ3) is 65.9. The zero-order valence-corrected chi connectivity index (χ0v) is 10.9. The van der Waals surface area contributed by atoms with E-state index in [0.29, 0.717) is 0 Å². The minimum atomic E-state index is 0.836. The van der Waals surface area contributed by atoms with Crippen molar-refractivity contribution in [2.24, 2.45) is 5.16 Å². The maximum Gasteiger partial charge on any atom is 0.0436 e. The number of unbranched alkanes of at least 4 members (excludes halogenated alkanes) is 2. The molecule has 0 aromatic rings. The number of hydrogen-bond acceptors (Lipinski definition) is 2. The van der Waals surface area contributed by atoms with Gasteiger partial charge < -0.3 is 5.21 Å². The number of nitrogens with zero attached hydrogens (tertiary/aromatic N) is 1. The highest BCUT2D eigenvalue weighted by Gasteiger charge is 1.77. The standard InChI is InChI=1S/C6H11NO.3C2H6/c1-2-3-4-5-6-7-8;3*1-2/h2,6,8H,1,3-5H2;3*1-2H3. The highest BCUT2D eigenvalue weighted by Crippen LogP contribution is 1.91. The minimum Gasteiger partial charge on any atom is -0.411 e. The number of hydrogen-bond donors (Lipinski definition) is 1. The van der Waals surface area contributed by atoms with Crippen molar-refractivity contribution in [3.63, 3.8) is 0 Å². The molecular weight excluding hydrogens is 174 g/mol. The van der Waals surface area contributed by atoms with Gasteiger partial charge in [0, 0.05) is 6.21 Å². The van der Waals surface area contributed by atoms with Gasteiger partial charge in [0.25, 0.3) is 0 Å². The van der Waals surface area contributed by atoms with Gasteiger partial charge in [-0.1, -0.05) is 47.6 Å². The first-order valence-corrected chi connectivity index (χ1v) is 5.68. The first-order valence-electron chi connectivity index (χ1n) is 5.68. The van der Waals surface area contributed by atoms with Gasteiger partial charge in [-0.3, -0.25) is 0 Å². The molecule has 0 unspecified atom stereocenters. The van der Waals surface area contributed by atoms with Crippen molar-refractivity contribution in [1.82, 2.24) is 0 Å². The molecular formula is C12H29NO. The summed E-state index contributed by atoms with van der Waals surface area (Å²) < 4.78 is 0. The molecule has 0 spiro atoms. The summed E-state index contributed by atoms with van der Waals surface area (Å²) in [4.78, 5) is 0. The van der Waals surface area contributed by atoms with Crippen LogP contribution in [0.3, 0.4) is 0 Å². The lowest BCUT2D eigenvalue weighted by Gasteiger charge is -1.84. The van der Waals surface area contributed by atoms with Crippen LogP contribution >= 0.6 is 0 Å². The van der Waals surface area contributed by atoms with Crippen LogP contribution in [-0.2, 0) is 0 Å². The van der Waals surface area contributed by atoms with Gasteiger partial charge in [0.05, 0.1) is 0 Å². The first kappa shape index (κ1) is 23.2. The van der Waals surface area contributed by atoms with E-state index in [9.17, 15) is 0 Å². The largest absolute Gasteiger partial charge is 0.411 e. The molecule has 0 aliphatic heterocycles. The smallest absolute Gasteiger partial charge is 0.0436 e. The van der Waals surface area contributed by atoms with Gasteiger partial charge in [0.15, 0.2) is 0 Å². The van der Waals surface area contributed by atoms with E-state index >= 15 is 0 Å². The second-order valence-corrected chi connectivity index (χ2v) is 1.52. The Morgan fingerprint density at radius 1 is 1.00 bits per heavy atom. The molecule has 1 N–H and O–H groups in total. The summed E-state index contributed by atoms with van der Waals surface area (Å²) in [7, 11) is 0. The summed E-state index contributed by atoms with van der Waals surface area (Å²) in [5.74, 6) is 0. The number of rotatable bonds is 4. The Morgan fingerprint density at radius 2 is 1.43 bits per heavy atom. The van der Waals surface area contributed by atoms with Gasteiger partial charge in [-0.15, -0.1) is 11.7 Å². The van der Waals surface area contributed by atoms with Crippen molar-refractivity contribution in [3.8, 4) is 0 Å². The molecule has 0 saturated heterocycles. The molecule has 88 valence electrons. The molecule has 2 heteroatoms. The van der Waals surface area contributed by atoms with Gasteiger partial charge in [0.1, 0.15) is 0 Å². The van der Waals surface area contributed by atoms with Gasteiger partial charge in [-0.05, 0) is 19.3 Å². The first-order chi connectivity index (χ1) is 6.91. The van der Waals surface area contributed by atoms with Crippen LogP contribution in [0.15, 0.2) is 17.8 Å². The average Bonchev–Trinajstić information content (AvgIpc) is 2.33. The Labute approximate surface area is 90.7 Å². The summed E-state index contributed by atoms with van der Waals surface area (Å²) in [5, 5.41) is 10.8. The monoisotopic (exact) mass is 203 g/mol. The molecule has 0 rings (SSSR count). The van der Waals surface area contributed by atoms with Gasteiger partial charge in [-0.2, -0.15) is 0 Å². The molecule has 0 saturated carbocycles. The van der Waals surface area contributed by atoms with Crippen molar-refractivity contribution < 1.29 is 5.21 Å². The lowest BCUT2D eigenvalue weighted by atomic mass is 10.2. The molecule has 0 aliphatic rings. The summed E-state index contributed by atoms with van der Waals surface area (Å²) in [6.07, 6.45) is 6.19. The molecule has 0 fully saturated rings. The van der Waals surface area contributed by atoms with E-state index in [1.807, 2.05) is 47.6 Å². The molecule has 0 aromatic heterocycles. The minimum absolute atomic E-state index is 0.836. The van der Waals surface area contributed by atoms with E-state index < -0.39 is 0 Å². The summed E-state index contributed by atoms with van der Waals surface area (Å²) in [5.41, 5.74) is 0. The van der Waals surface area contributed by atoms with Crippen molar-refractivity contribution in [2.75, 3.05) is 0 Å². The second kappa shape index (κ2) is 56.5. The van der Waals surface area contributed by atoms with Crippen molar-refractivity contribution in [2.45, 2.75) is 60.8 Å². The van der Waals surface area contributed by atoms with E-state index in [1.54, 1.807) is 0 Å². The lowest BCUT2D eigenvalue weighted by Crippen LogP contribution is -1.73. The Morgan fingerprint density at radius 3 is 1.71 bits per heavy atom. The summed E-state index contributed by atoms with van der Waals surface area (Å²) >= 11 is 0. The van der Waals surface area contributed by atoms with Crippen LogP contribution in [0.2, 0.25) is 0 Å². The van der Waals surface area contributed by atoms with Crippen LogP contribution < -0.4 is 0 Å². The normalized spacial score (nSPS) is 7.00. The van der Waals surface area contributed by atoms with Gasteiger partial charge in [0.2, 0.25) is 0 Å². The van der Waals surface area contributed by atoms with E-state index in [4.69, 9.17) is 5.21 Å². The van der Waals surface area contributed by atoms with Gasteiger partial charge in [-0.25, -0.2) is 0 Å². The Hall–Kier alpha value is -0.790. The molecule has 0 heterocycles. The Bertz CT molecular complexity index is 80.4. The topological polar surface area (TPSA) is 32.6 Å². The fraction of sp³-hybridized carbons (Fsp3) is 0.750. The number of oxime groups is 1. The molecule has 0 radical (unpaired) electrons. The predicted octanol–water partition coefficient (Wildman–Crippen LogP) is 4.88. The molecule has 14 heavy (non-hydrogen) atoms. The van der Waals surface area contributed by atoms with Crippen LogP contribution in [-0.4, -0.2) is 11.4 Å². The van der Waals surface area contributed by atoms with E-state index in [-0.39, 0.29) is 0 Å². The Balaban J connectivity index is -0.0000000708. The lowest BCUT2D eigenvalue weighted by molar-refractivity contribution is 0.320. The third-order valence-corrected chi connectivity index (χ3v) is 0.823. The van der Waals surface area contributed by atoms with Crippen LogP contribution in [0, 0.1) is 0 Å². The van der Waals surface area contributed by atoms with Crippen LogP contribution in [0.1, 0.15) is 60.8 Å². The number of allylic oxidation sites excluding steroid dienone is 1. The Kier molecular flexibility index (Phi) is 93.7. The van der Waals surface area contributed by atoms with Crippen molar-refractivity contribution in [3.05, 3.63) is 12.7 Å². The van der Waals surface area contributed by atoms with E-state index in [1.165, 1.54) is 6.21 Å². The predicted molar refractivity (Wildman–Crippen MR) is 68.4 cm³/mol. The maximum atomic E-state index is 7.91. The molecule has 0 amide bonds. The molecule has 0 aromatic carbocycles. The molecule has 2 nitrogen and oxygen atoms in total. The summed E-state index contributed by atoms with van der Waals surface area (Å²) in [6.45, 7) is 15.6. The molecule has 0 aliphatic carbocycles. The van der Waals surface area contributed by atoms with Crippen LogP contribution in [0.25, 0.3) is 0 Å². The quantitative estimate of drug-likeness (QED) is 0.228. The zero-order chi connectivity index (χ0) is 12.2. The zero-order valence-electron chi connectivity index (χ0n) is 10.9. The fourth-order valence-electron chi connectivity index (χ4n) is 0.411. The fourth-order valence-corrected chi connectivity index (χ4v) is 0.411. The van der Waals surface area contributed by atoms with Crippen molar-refractivity contribution in [1.29, 1.82) is 0 Å². The van der Waals surface area contributed by atoms with Gasteiger partial charge >= 0.3 is 0 Å². The molecule has 0 bridgehead atoms. The summed E-state index contributed by atoms with van der Waals surface area (Å²) in [6, 6.07) is 0. The highest BCUT2D eigenvalue weighted by molar-refractivity contribution is 5.55. The molecule has 0 atom stereocenters. The highest BCUT2D eigenvalue weighted by atomic mass is 16.4. The average molecular weight is 203 g/mol. The van der Waals surface area contributed by atoms with E-state index in [0.717, 1.165) is 19.3 Å². The maximum absolute atomic E-state index is 7.91.